The van der Waals surface area contributed by atoms with Gasteiger partial charge in [0.1, 0.15) is 13.2 Å². The number of hydrogen-bond acceptors (Lipinski definition) is 6. The second-order valence-corrected chi connectivity index (χ2v) is 20.3. The van der Waals surface area contributed by atoms with Crippen molar-refractivity contribution >= 4 is 17.9 Å². The van der Waals surface area contributed by atoms with Crippen LogP contribution in [0.5, 0.6) is 0 Å². The first-order chi connectivity index (χ1) is 33.5. The van der Waals surface area contributed by atoms with E-state index in [9.17, 15) is 14.4 Å². The van der Waals surface area contributed by atoms with Gasteiger partial charge in [0, 0.05) is 19.3 Å². The van der Waals surface area contributed by atoms with Crippen LogP contribution in [0.3, 0.4) is 0 Å². The molecule has 0 aliphatic rings. The minimum atomic E-state index is -0.774. The lowest BCUT2D eigenvalue weighted by atomic mass is 10.0. The largest absolute Gasteiger partial charge is 0.462 e. The van der Waals surface area contributed by atoms with Gasteiger partial charge < -0.3 is 14.2 Å². The van der Waals surface area contributed by atoms with Gasteiger partial charge in [0.05, 0.1) is 0 Å². The van der Waals surface area contributed by atoms with Crippen molar-refractivity contribution < 1.29 is 28.6 Å². The molecule has 0 bridgehead atoms. The molecule has 0 amide bonds. The fraction of sp³-hybridized carbons (Fsp3) is 0.855. The fourth-order valence-electron chi connectivity index (χ4n) is 8.82. The van der Waals surface area contributed by atoms with Gasteiger partial charge in [-0.1, -0.05) is 263 Å². The lowest BCUT2D eigenvalue weighted by Gasteiger charge is -2.18. The highest BCUT2D eigenvalue weighted by Crippen LogP contribution is 2.17. The third kappa shape index (κ3) is 54.6. The molecule has 0 aliphatic carbocycles. The SMILES string of the molecule is CCCCC/C=C\C/C=C\CCCCCCCCCCCC(=O)OC[C@@H](COC(=O)CCCCCCC/C=C\CCCCCCCC)OC(=O)CCCCCCCCCCCCCCCCCC. The van der Waals surface area contributed by atoms with Crippen LogP contribution >= 0.6 is 0 Å². The van der Waals surface area contributed by atoms with Crippen molar-refractivity contribution in [1.82, 2.24) is 0 Å². The zero-order valence-corrected chi connectivity index (χ0v) is 45.6. The topological polar surface area (TPSA) is 78.9 Å². The zero-order chi connectivity index (χ0) is 49.3. The molecular formula is C62H114O6. The number of unbranched alkanes of at least 4 members (excludes halogenated alkanes) is 38. The Morgan fingerprint density at radius 1 is 0.294 bits per heavy atom. The standard InChI is InChI=1S/C62H114O6/c1-4-7-10-13-16-19-22-25-28-30-31-32-35-37-40-43-46-49-52-55-61(64)67-58-59(57-66-60(63)54-51-48-45-42-39-36-33-27-24-21-18-15-12-9-6-3)68-62(65)56-53-50-47-44-41-38-34-29-26-23-20-17-14-11-8-5-2/h16,19,25,27-28,33,59H,4-15,17-18,20-24,26,29-32,34-58H2,1-3H3/b19-16-,28-25-,33-27-/t59-/m1/s1. The molecule has 0 aliphatic heterocycles. The number of hydrogen-bond donors (Lipinski definition) is 0. The Morgan fingerprint density at radius 2 is 0.529 bits per heavy atom. The summed E-state index contributed by atoms with van der Waals surface area (Å²) in [6.45, 7) is 6.65. The predicted octanol–water partition coefficient (Wildman–Crippen LogP) is 20.0. The van der Waals surface area contributed by atoms with Crippen molar-refractivity contribution in [2.24, 2.45) is 0 Å². The van der Waals surface area contributed by atoms with Crippen LogP contribution in [0.2, 0.25) is 0 Å². The Balaban J connectivity index is 4.34. The van der Waals surface area contributed by atoms with E-state index in [1.54, 1.807) is 0 Å². The minimum Gasteiger partial charge on any atom is -0.462 e. The van der Waals surface area contributed by atoms with Gasteiger partial charge in [0.25, 0.3) is 0 Å². The van der Waals surface area contributed by atoms with Gasteiger partial charge in [0.2, 0.25) is 0 Å². The average molecular weight is 956 g/mol. The van der Waals surface area contributed by atoms with Crippen molar-refractivity contribution in [3.8, 4) is 0 Å². The van der Waals surface area contributed by atoms with E-state index in [2.05, 4.69) is 57.2 Å². The summed E-state index contributed by atoms with van der Waals surface area (Å²) >= 11 is 0. The normalized spacial score (nSPS) is 12.2. The van der Waals surface area contributed by atoms with Crippen LogP contribution in [0.15, 0.2) is 36.5 Å². The van der Waals surface area contributed by atoms with Crippen LogP contribution < -0.4 is 0 Å². The number of rotatable bonds is 55. The van der Waals surface area contributed by atoms with E-state index in [0.29, 0.717) is 19.3 Å². The van der Waals surface area contributed by atoms with Crippen molar-refractivity contribution in [2.45, 2.75) is 329 Å². The van der Waals surface area contributed by atoms with E-state index < -0.39 is 6.10 Å². The second-order valence-electron chi connectivity index (χ2n) is 20.3. The maximum Gasteiger partial charge on any atom is 0.306 e. The summed E-state index contributed by atoms with van der Waals surface area (Å²) in [6.07, 6.45) is 68.4. The molecule has 6 nitrogen and oxygen atoms in total. The molecule has 0 fully saturated rings. The predicted molar refractivity (Wildman–Crippen MR) is 293 cm³/mol. The van der Waals surface area contributed by atoms with Gasteiger partial charge in [-0.2, -0.15) is 0 Å². The first-order valence-corrected chi connectivity index (χ1v) is 30.0. The Hall–Kier alpha value is -2.37. The molecule has 0 heterocycles. The number of carbonyl (C=O) groups is 3. The molecule has 0 N–H and O–H groups in total. The molecule has 0 saturated heterocycles. The van der Waals surface area contributed by atoms with Gasteiger partial charge in [-0.15, -0.1) is 0 Å². The second kappa shape index (κ2) is 57.2. The minimum absolute atomic E-state index is 0.0732. The molecule has 1 atom stereocenters. The van der Waals surface area contributed by atoms with Crippen molar-refractivity contribution in [1.29, 1.82) is 0 Å². The zero-order valence-electron chi connectivity index (χ0n) is 45.6. The summed E-state index contributed by atoms with van der Waals surface area (Å²) in [5, 5.41) is 0. The highest BCUT2D eigenvalue weighted by Gasteiger charge is 2.19. The van der Waals surface area contributed by atoms with E-state index in [1.165, 1.54) is 212 Å². The summed E-state index contributed by atoms with van der Waals surface area (Å²) in [4.78, 5) is 38.2. The van der Waals surface area contributed by atoms with E-state index in [0.717, 1.165) is 70.6 Å². The molecule has 0 radical (unpaired) electrons. The summed E-state index contributed by atoms with van der Waals surface area (Å²) in [6, 6.07) is 0. The van der Waals surface area contributed by atoms with Crippen LogP contribution in [-0.2, 0) is 28.6 Å². The first kappa shape index (κ1) is 65.6. The molecule has 0 spiro atoms. The molecule has 68 heavy (non-hydrogen) atoms. The van der Waals surface area contributed by atoms with E-state index in [-0.39, 0.29) is 31.1 Å². The maximum absolute atomic E-state index is 12.9. The number of carbonyl (C=O) groups excluding carboxylic acids is 3. The van der Waals surface area contributed by atoms with Gasteiger partial charge in [-0.3, -0.25) is 14.4 Å². The van der Waals surface area contributed by atoms with Crippen molar-refractivity contribution in [2.75, 3.05) is 13.2 Å². The smallest absolute Gasteiger partial charge is 0.306 e. The molecule has 0 saturated carbocycles. The van der Waals surface area contributed by atoms with E-state index in [1.807, 2.05) is 0 Å². The Labute approximate surface area is 423 Å². The average Bonchev–Trinajstić information content (AvgIpc) is 3.34. The summed E-state index contributed by atoms with van der Waals surface area (Å²) in [5.74, 6) is -0.865. The van der Waals surface area contributed by atoms with Gasteiger partial charge >= 0.3 is 17.9 Å². The highest BCUT2D eigenvalue weighted by atomic mass is 16.6. The van der Waals surface area contributed by atoms with Crippen molar-refractivity contribution in [3.05, 3.63) is 36.5 Å². The summed E-state index contributed by atoms with van der Waals surface area (Å²) < 4.78 is 16.9. The van der Waals surface area contributed by atoms with Gasteiger partial charge in [0.15, 0.2) is 6.10 Å². The summed E-state index contributed by atoms with van der Waals surface area (Å²) in [7, 11) is 0. The summed E-state index contributed by atoms with van der Waals surface area (Å²) in [5.41, 5.74) is 0. The third-order valence-electron chi connectivity index (χ3n) is 13.4. The molecule has 6 heteroatoms. The van der Waals surface area contributed by atoms with E-state index in [4.69, 9.17) is 14.2 Å². The van der Waals surface area contributed by atoms with Crippen LogP contribution in [0.25, 0.3) is 0 Å². The molecule has 0 aromatic heterocycles. The maximum atomic E-state index is 12.9. The van der Waals surface area contributed by atoms with Crippen LogP contribution in [0, 0.1) is 0 Å². The lowest BCUT2D eigenvalue weighted by molar-refractivity contribution is -0.167. The molecular weight excluding hydrogens is 841 g/mol. The Kier molecular flexibility index (Phi) is 55.2. The Morgan fingerprint density at radius 3 is 0.853 bits per heavy atom. The van der Waals surface area contributed by atoms with Crippen LogP contribution in [0.1, 0.15) is 323 Å². The Bertz CT molecular complexity index is 1140. The fourth-order valence-corrected chi connectivity index (χ4v) is 8.82. The molecule has 0 unspecified atom stereocenters. The number of allylic oxidation sites excluding steroid dienone is 6. The van der Waals surface area contributed by atoms with Gasteiger partial charge in [-0.05, 0) is 77.0 Å². The monoisotopic (exact) mass is 955 g/mol. The van der Waals surface area contributed by atoms with Gasteiger partial charge in [-0.25, -0.2) is 0 Å². The van der Waals surface area contributed by atoms with Crippen molar-refractivity contribution in [3.63, 3.8) is 0 Å². The molecule has 398 valence electrons. The van der Waals surface area contributed by atoms with Crippen LogP contribution in [-0.4, -0.2) is 37.2 Å². The molecule has 0 aromatic rings. The van der Waals surface area contributed by atoms with E-state index >= 15 is 0 Å². The van der Waals surface area contributed by atoms with Crippen LogP contribution in [0.4, 0.5) is 0 Å². The molecule has 0 rings (SSSR count). The quantitative estimate of drug-likeness (QED) is 0.0262. The third-order valence-corrected chi connectivity index (χ3v) is 13.4. The highest BCUT2D eigenvalue weighted by molar-refractivity contribution is 5.71. The first-order valence-electron chi connectivity index (χ1n) is 30.0. The number of esters is 3. The number of ether oxygens (including phenoxy) is 3. The molecule has 0 aromatic carbocycles. The lowest BCUT2D eigenvalue weighted by Crippen LogP contribution is -2.30.